The van der Waals surface area contributed by atoms with Gasteiger partial charge < -0.3 is 5.32 Å². The first-order valence-corrected chi connectivity index (χ1v) is 12.9. The molecular formula is C19H31N3O5S2. The molecule has 1 aromatic rings. The number of amides is 1. The third-order valence-corrected chi connectivity index (χ3v) is 8.41. The van der Waals surface area contributed by atoms with E-state index in [2.05, 4.69) is 14.8 Å². The van der Waals surface area contributed by atoms with Crippen LogP contribution in [-0.2, 0) is 24.8 Å². The van der Waals surface area contributed by atoms with Gasteiger partial charge in [-0.05, 0) is 71.6 Å². The SMILES string of the molecule is CC(C)NS(=O)(=O)c1cccc(NC(=O)[C@H]2CC[C@H](NS(=O)(=O)C(C)C)CC2)c1. The van der Waals surface area contributed by atoms with Gasteiger partial charge in [0.25, 0.3) is 0 Å². The van der Waals surface area contributed by atoms with Crippen LogP contribution in [0.2, 0.25) is 0 Å². The van der Waals surface area contributed by atoms with Crippen molar-refractivity contribution >= 4 is 31.6 Å². The molecule has 1 fully saturated rings. The molecular weight excluding hydrogens is 414 g/mol. The first-order valence-electron chi connectivity index (χ1n) is 9.85. The summed E-state index contributed by atoms with van der Waals surface area (Å²) in [4.78, 5) is 12.7. The van der Waals surface area contributed by atoms with Crippen molar-refractivity contribution in [3.63, 3.8) is 0 Å². The molecule has 1 aliphatic rings. The largest absolute Gasteiger partial charge is 0.326 e. The van der Waals surface area contributed by atoms with Gasteiger partial charge in [0.05, 0.1) is 10.1 Å². The maximum atomic E-state index is 12.6. The highest BCUT2D eigenvalue weighted by atomic mass is 32.2. The Balaban J connectivity index is 1.96. The van der Waals surface area contributed by atoms with E-state index in [1.54, 1.807) is 39.8 Å². The zero-order valence-electron chi connectivity index (χ0n) is 17.3. The number of hydrogen-bond acceptors (Lipinski definition) is 5. The number of carbonyl (C=O) groups is 1. The zero-order chi connectivity index (χ0) is 21.8. The number of sulfonamides is 2. The van der Waals surface area contributed by atoms with Crippen LogP contribution in [0.1, 0.15) is 53.4 Å². The molecule has 1 saturated carbocycles. The number of hydrogen-bond donors (Lipinski definition) is 3. The van der Waals surface area contributed by atoms with Crippen LogP contribution < -0.4 is 14.8 Å². The summed E-state index contributed by atoms with van der Waals surface area (Å²) in [7, 11) is -6.97. The van der Waals surface area contributed by atoms with Crippen LogP contribution in [0.25, 0.3) is 0 Å². The van der Waals surface area contributed by atoms with Gasteiger partial charge in [-0.1, -0.05) is 6.07 Å². The predicted octanol–water partition coefficient (Wildman–Crippen LogP) is 2.20. The lowest BCUT2D eigenvalue weighted by atomic mass is 9.86. The molecule has 0 spiro atoms. The summed E-state index contributed by atoms with van der Waals surface area (Å²) in [5.41, 5.74) is 0.421. The van der Waals surface area contributed by atoms with Gasteiger partial charge in [0.2, 0.25) is 26.0 Å². The molecule has 1 amide bonds. The first kappa shape index (κ1) is 23.8. The Kier molecular flexibility index (Phi) is 7.83. The van der Waals surface area contributed by atoms with Crippen molar-refractivity contribution < 1.29 is 21.6 Å². The second kappa shape index (κ2) is 9.55. The molecule has 10 heteroatoms. The van der Waals surface area contributed by atoms with E-state index in [0.717, 1.165) is 0 Å². The third kappa shape index (κ3) is 6.77. The fourth-order valence-corrected chi connectivity index (χ4v) is 5.47. The van der Waals surface area contributed by atoms with Crippen LogP contribution in [0.4, 0.5) is 5.69 Å². The predicted molar refractivity (Wildman–Crippen MR) is 113 cm³/mol. The lowest BCUT2D eigenvalue weighted by Gasteiger charge is -2.28. The van der Waals surface area contributed by atoms with E-state index in [0.29, 0.717) is 31.4 Å². The second-order valence-electron chi connectivity index (χ2n) is 8.05. The van der Waals surface area contributed by atoms with Crippen molar-refractivity contribution in [2.75, 3.05) is 5.32 Å². The van der Waals surface area contributed by atoms with E-state index >= 15 is 0 Å². The van der Waals surface area contributed by atoms with Gasteiger partial charge in [-0.2, -0.15) is 0 Å². The number of rotatable bonds is 8. The van der Waals surface area contributed by atoms with Crippen LogP contribution in [0.15, 0.2) is 29.2 Å². The molecule has 3 N–H and O–H groups in total. The third-order valence-electron chi connectivity index (χ3n) is 4.85. The summed E-state index contributed by atoms with van der Waals surface area (Å²) in [6.07, 6.45) is 2.33. The molecule has 164 valence electrons. The van der Waals surface area contributed by atoms with Crippen molar-refractivity contribution in [1.29, 1.82) is 0 Å². The van der Waals surface area contributed by atoms with Crippen LogP contribution >= 0.6 is 0 Å². The smallest absolute Gasteiger partial charge is 0.240 e. The van der Waals surface area contributed by atoms with Gasteiger partial charge in [-0.15, -0.1) is 0 Å². The van der Waals surface area contributed by atoms with E-state index in [1.165, 1.54) is 12.1 Å². The molecule has 2 rings (SSSR count). The van der Waals surface area contributed by atoms with Gasteiger partial charge in [0.15, 0.2) is 0 Å². The standard InChI is InChI=1S/C19H31N3O5S2/c1-13(2)21-29(26,27)18-7-5-6-17(12-18)20-19(23)15-8-10-16(11-9-15)22-28(24,25)14(3)4/h5-7,12-16,21-22H,8-11H2,1-4H3,(H,20,23)/t15-,16-. The molecule has 29 heavy (non-hydrogen) atoms. The molecule has 1 aliphatic carbocycles. The maximum absolute atomic E-state index is 12.6. The normalized spacial score (nSPS) is 20.8. The molecule has 0 aromatic heterocycles. The highest BCUT2D eigenvalue weighted by Gasteiger charge is 2.29. The number of benzene rings is 1. The summed E-state index contributed by atoms with van der Waals surface area (Å²) in [6.45, 7) is 6.74. The van der Waals surface area contributed by atoms with E-state index in [4.69, 9.17) is 0 Å². The quantitative estimate of drug-likeness (QED) is 0.566. The number of anilines is 1. The minimum Gasteiger partial charge on any atom is -0.326 e. The van der Waals surface area contributed by atoms with E-state index in [-0.39, 0.29) is 28.8 Å². The van der Waals surface area contributed by atoms with Crippen molar-refractivity contribution in [3.05, 3.63) is 24.3 Å². The number of nitrogens with one attached hydrogen (secondary N) is 3. The van der Waals surface area contributed by atoms with Crippen molar-refractivity contribution in [3.8, 4) is 0 Å². The molecule has 0 aliphatic heterocycles. The van der Waals surface area contributed by atoms with Crippen LogP contribution in [0, 0.1) is 5.92 Å². The zero-order valence-corrected chi connectivity index (χ0v) is 18.9. The van der Waals surface area contributed by atoms with Crippen molar-refractivity contribution in [2.24, 2.45) is 5.92 Å². The molecule has 0 unspecified atom stereocenters. The second-order valence-corrected chi connectivity index (χ2v) is 12.0. The molecule has 8 nitrogen and oxygen atoms in total. The molecule has 0 radical (unpaired) electrons. The highest BCUT2D eigenvalue weighted by molar-refractivity contribution is 7.90. The Morgan fingerprint density at radius 3 is 2.17 bits per heavy atom. The minimum absolute atomic E-state index is 0.0933. The minimum atomic E-state index is -3.64. The Morgan fingerprint density at radius 2 is 1.62 bits per heavy atom. The molecule has 0 bridgehead atoms. The summed E-state index contributed by atoms with van der Waals surface area (Å²) >= 11 is 0. The summed E-state index contributed by atoms with van der Waals surface area (Å²) < 4.78 is 53.8. The van der Waals surface area contributed by atoms with Gasteiger partial charge in [0.1, 0.15) is 0 Å². The fraction of sp³-hybridized carbons (Fsp3) is 0.632. The fourth-order valence-electron chi connectivity index (χ4n) is 3.21. The topological polar surface area (TPSA) is 121 Å². The lowest BCUT2D eigenvalue weighted by Crippen LogP contribution is -2.42. The van der Waals surface area contributed by atoms with Gasteiger partial charge in [-0.25, -0.2) is 26.3 Å². The Morgan fingerprint density at radius 1 is 1.00 bits per heavy atom. The monoisotopic (exact) mass is 445 g/mol. The van der Waals surface area contributed by atoms with Crippen LogP contribution in [0.5, 0.6) is 0 Å². The van der Waals surface area contributed by atoms with Crippen molar-refractivity contribution in [2.45, 2.75) is 75.6 Å². The Bertz CT molecular complexity index is 919. The highest BCUT2D eigenvalue weighted by Crippen LogP contribution is 2.27. The van der Waals surface area contributed by atoms with E-state index in [1.807, 2.05) is 0 Å². The first-order chi connectivity index (χ1) is 13.4. The van der Waals surface area contributed by atoms with Crippen LogP contribution in [-0.4, -0.2) is 40.1 Å². The number of carbonyl (C=O) groups excluding carboxylic acids is 1. The van der Waals surface area contributed by atoms with Crippen LogP contribution in [0.3, 0.4) is 0 Å². The Labute approximate surface area is 174 Å². The molecule has 0 saturated heterocycles. The van der Waals surface area contributed by atoms with Crippen molar-refractivity contribution in [1.82, 2.24) is 9.44 Å². The maximum Gasteiger partial charge on any atom is 0.240 e. The van der Waals surface area contributed by atoms with Gasteiger partial charge in [-0.3, -0.25) is 4.79 Å². The molecule has 1 aromatic carbocycles. The van der Waals surface area contributed by atoms with Gasteiger partial charge >= 0.3 is 0 Å². The molecule has 0 atom stereocenters. The average Bonchev–Trinajstić information content (AvgIpc) is 2.61. The van der Waals surface area contributed by atoms with Gasteiger partial charge in [0, 0.05) is 23.7 Å². The lowest BCUT2D eigenvalue weighted by molar-refractivity contribution is -0.120. The molecule has 0 heterocycles. The van der Waals surface area contributed by atoms with E-state index < -0.39 is 25.3 Å². The summed E-state index contributed by atoms with van der Waals surface area (Å²) in [5, 5.41) is 2.30. The summed E-state index contributed by atoms with van der Waals surface area (Å²) in [6, 6.07) is 5.76. The van der Waals surface area contributed by atoms with E-state index in [9.17, 15) is 21.6 Å². The summed E-state index contributed by atoms with van der Waals surface area (Å²) in [5.74, 6) is -0.412. The average molecular weight is 446 g/mol. The Hall–Kier alpha value is -1.49.